The summed E-state index contributed by atoms with van der Waals surface area (Å²) in [5, 5.41) is 0. The van der Waals surface area contributed by atoms with E-state index in [4.69, 9.17) is 0 Å². The van der Waals surface area contributed by atoms with Gasteiger partial charge in [-0.05, 0) is 62.5 Å². The molecule has 0 aromatic rings. The van der Waals surface area contributed by atoms with Crippen molar-refractivity contribution in [2.75, 3.05) is 40.3 Å². The van der Waals surface area contributed by atoms with Crippen molar-refractivity contribution in [1.82, 2.24) is 19.6 Å². The van der Waals surface area contributed by atoms with Crippen LogP contribution in [-0.4, -0.2) is 103 Å². The number of nitrogens with zero attached hydrogens (tertiary/aromatic N) is 4. The van der Waals surface area contributed by atoms with Crippen LogP contribution in [0.4, 0.5) is 26.7 Å². The first-order valence-corrected chi connectivity index (χ1v) is 16.7. The summed E-state index contributed by atoms with van der Waals surface area (Å²) in [6.45, 7) is 18.6. The standard InChI is InChI=1S/C35H59F5N4O2/c1-12-15-24(5)32(23(4)13-2)31(22-30(14-3)44-18-16-43(17-19-44)28(9)45)42(11)34(46)41(10)27(8)29(20-25(6)33(36)37)21-26(7)35(38,39)40/h12,15,20-21,23-24,26-27,30-33H,13-14,16-19,22H2,1-11H3. The van der Waals surface area contributed by atoms with Crippen LogP contribution in [0.1, 0.15) is 81.6 Å². The average Bonchev–Trinajstić information content (AvgIpc) is 3.00. The number of amides is 3. The lowest BCUT2D eigenvalue weighted by Gasteiger charge is -2.46. The molecule has 0 aliphatic carbocycles. The monoisotopic (exact) mass is 662 g/mol. The molecule has 0 radical (unpaired) electrons. The fourth-order valence-electron chi connectivity index (χ4n) is 6.58. The number of carbonyl (C=O) groups excluding carboxylic acids is 2. The van der Waals surface area contributed by atoms with Crippen molar-refractivity contribution in [2.45, 2.75) is 112 Å². The van der Waals surface area contributed by atoms with Gasteiger partial charge in [-0.15, -0.1) is 0 Å². The zero-order chi connectivity index (χ0) is 35.5. The number of piperazine rings is 1. The van der Waals surface area contributed by atoms with Crippen LogP contribution in [-0.2, 0) is 4.79 Å². The number of allylic oxidation sites excluding steroid dienone is 4. The largest absolute Gasteiger partial charge is 0.394 e. The Hall–Kier alpha value is -2.43. The predicted octanol–water partition coefficient (Wildman–Crippen LogP) is 8.27. The Morgan fingerprint density at radius 3 is 1.91 bits per heavy atom. The van der Waals surface area contributed by atoms with Gasteiger partial charge >= 0.3 is 12.2 Å². The van der Waals surface area contributed by atoms with Gasteiger partial charge in [0.05, 0.1) is 12.0 Å². The second-order valence-corrected chi connectivity index (χ2v) is 13.1. The van der Waals surface area contributed by atoms with E-state index in [9.17, 15) is 31.5 Å². The number of halogens is 5. The zero-order valence-electron chi connectivity index (χ0n) is 29.9. The molecular formula is C35H59F5N4O2. The highest BCUT2D eigenvalue weighted by atomic mass is 19.4. The molecule has 1 heterocycles. The van der Waals surface area contributed by atoms with Crippen LogP contribution in [0.25, 0.3) is 0 Å². The highest BCUT2D eigenvalue weighted by molar-refractivity contribution is 5.75. The van der Waals surface area contributed by atoms with Crippen molar-refractivity contribution < 1.29 is 31.5 Å². The first-order chi connectivity index (χ1) is 21.3. The van der Waals surface area contributed by atoms with Crippen molar-refractivity contribution in [1.29, 1.82) is 0 Å². The summed E-state index contributed by atoms with van der Waals surface area (Å²) in [7, 11) is 3.26. The number of alkyl halides is 5. The molecule has 6 nitrogen and oxygen atoms in total. The molecule has 0 spiro atoms. The Labute approximate surface area is 274 Å². The number of hydrogen-bond acceptors (Lipinski definition) is 3. The summed E-state index contributed by atoms with van der Waals surface area (Å²) >= 11 is 0. The molecule has 0 saturated carbocycles. The summed E-state index contributed by atoms with van der Waals surface area (Å²) in [5.41, 5.74) is -0.355. The van der Waals surface area contributed by atoms with Gasteiger partial charge in [0.15, 0.2) is 0 Å². The van der Waals surface area contributed by atoms with Gasteiger partial charge in [0.2, 0.25) is 5.91 Å². The number of rotatable bonds is 15. The zero-order valence-corrected chi connectivity index (χ0v) is 29.9. The fourth-order valence-corrected chi connectivity index (χ4v) is 6.58. The van der Waals surface area contributed by atoms with Crippen molar-refractivity contribution in [3.05, 3.63) is 35.5 Å². The molecule has 1 rings (SSSR count). The Balaban J connectivity index is 3.58. The third kappa shape index (κ3) is 11.7. The van der Waals surface area contributed by atoms with Gasteiger partial charge in [0, 0.05) is 59.3 Å². The van der Waals surface area contributed by atoms with E-state index < -0.39 is 24.6 Å². The first kappa shape index (κ1) is 41.6. The third-order valence-electron chi connectivity index (χ3n) is 9.97. The first-order valence-electron chi connectivity index (χ1n) is 16.7. The van der Waals surface area contributed by atoms with Crippen LogP contribution in [0.3, 0.4) is 0 Å². The van der Waals surface area contributed by atoms with Crippen LogP contribution < -0.4 is 0 Å². The van der Waals surface area contributed by atoms with Crippen LogP contribution in [0.2, 0.25) is 0 Å². The molecule has 11 heteroatoms. The second-order valence-electron chi connectivity index (χ2n) is 13.1. The van der Waals surface area contributed by atoms with Gasteiger partial charge in [-0.25, -0.2) is 13.6 Å². The van der Waals surface area contributed by atoms with E-state index in [0.29, 0.717) is 19.5 Å². The van der Waals surface area contributed by atoms with Crippen molar-refractivity contribution in [3.63, 3.8) is 0 Å². The van der Waals surface area contributed by atoms with Crippen molar-refractivity contribution >= 4 is 11.9 Å². The van der Waals surface area contributed by atoms with Gasteiger partial charge in [-0.3, -0.25) is 9.69 Å². The van der Waals surface area contributed by atoms with Crippen LogP contribution in [0.15, 0.2) is 35.5 Å². The Kier molecular flexibility index (Phi) is 17.0. The molecule has 3 amide bonds. The molecule has 266 valence electrons. The molecule has 1 saturated heterocycles. The SMILES string of the molecule is CC=CC(C)C(C(C)CC)C(CC(CC)N1CCN(C(C)=O)CC1)N(C)C(=O)N(C)C(C)C(C=C(C)C(F)F)=CC(C)C(F)(F)F. The normalized spacial score (nSPS) is 20.3. The van der Waals surface area contributed by atoms with E-state index in [1.165, 1.54) is 18.9 Å². The minimum absolute atomic E-state index is 0.0129. The third-order valence-corrected chi connectivity index (χ3v) is 9.97. The summed E-state index contributed by atoms with van der Waals surface area (Å²) in [5.74, 6) is -1.36. The van der Waals surface area contributed by atoms with E-state index in [1.807, 2.05) is 17.9 Å². The molecule has 0 aromatic heterocycles. The Morgan fingerprint density at radius 1 is 0.913 bits per heavy atom. The minimum Gasteiger partial charge on any atom is -0.340 e. The summed E-state index contributed by atoms with van der Waals surface area (Å²) < 4.78 is 67.6. The van der Waals surface area contributed by atoms with Gasteiger partial charge in [0.25, 0.3) is 6.43 Å². The Morgan fingerprint density at radius 2 is 1.48 bits per heavy atom. The van der Waals surface area contributed by atoms with Gasteiger partial charge in [-0.1, -0.05) is 65.3 Å². The van der Waals surface area contributed by atoms with Gasteiger partial charge < -0.3 is 14.7 Å². The smallest absolute Gasteiger partial charge is 0.340 e. The molecule has 0 aromatic carbocycles. The van der Waals surface area contributed by atoms with Crippen LogP contribution in [0.5, 0.6) is 0 Å². The summed E-state index contributed by atoms with van der Waals surface area (Å²) in [6.07, 6.45) is 1.19. The van der Waals surface area contributed by atoms with Crippen molar-refractivity contribution in [2.24, 2.45) is 23.7 Å². The minimum atomic E-state index is -4.56. The van der Waals surface area contributed by atoms with Crippen LogP contribution >= 0.6 is 0 Å². The Bertz CT molecular complexity index is 1050. The van der Waals surface area contributed by atoms with Crippen LogP contribution in [0, 0.1) is 23.7 Å². The molecule has 46 heavy (non-hydrogen) atoms. The van der Waals surface area contributed by atoms with E-state index in [0.717, 1.165) is 45.0 Å². The molecule has 1 fully saturated rings. The maximum absolute atomic E-state index is 14.3. The molecule has 0 bridgehead atoms. The molecular weight excluding hydrogens is 603 g/mol. The number of carbonyl (C=O) groups is 2. The van der Waals surface area contributed by atoms with E-state index >= 15 is 0 Å². The maximum atomic E-state index is 14.3. The summed E-state index contributed by atoms with van der Waals surface area (Å²) in [6, 6.07) is -1.37. The van der Waals surface area contributed by atoms with E-state index in [-0.39, 0.29) is 52.9 Å². The average molecular weight is 663 g/mol. The summed E-state index contributed by atoms with van der Waals surface area (Å²) in [4.78, 5) is 33.5. The number of hydrogen-bond donors (Lipinski definition) is 0. The lowest BCUT2D eigenvalue weighted by molar-refractivity contribution is -0.156. The van der Waals surface area contributed by atoms with E-state index in [2.05, 4.69) is 38.7 Å². The lowest BCUT2D eigenvalue weighted by atomic mass is 9.74. The molecule has 1 aliphatic heterocycles. The maximum Gasteiger partial charge on any atom is 0.394 e. The van der Waals surface area contributed by atoms with Gasteiger partial charge in [0.1, 0.15) is 0 Å². The highest BCUT2D eigenvalue weighted by Gasteiger charge is 2.39. The topological polar surface area (TPSA) is 47.1 Å². The second kappa shape index (κ2) is 18.8. The molecule has 7 atom stereocenters. The molecule has 0 N–H and O–H groups in total. The van der Waals surface area contributed by atoms with Gasteiger partial charge in [-0.2, -0.15) is 13.2 Å². The quantitative estimate of drug-likeness (QED) is 0.101. The number of likely N-dealkylation sites (N-methyl/N-ethyl adjacent to an activating group) is 1. The predicted molar refractivity (Wildman–Crippen MR) is 177 cm³/mol. The fraction of sp³-hybridized carbons (Fsp3) is 0.771. The number of urea groups is 1. The molecule has 7 unspecified atom stereocenters. The lowest BCUT2D eigenvalue weighted by Crippen LogP contribution is -2.56. The highest BCUT2D eigenvalue weighted by Crippen LogP contribution is 2.35. The molecule has 1 aliphatic rings. The van der Waals surface area contributed by atoms with Crippen molar-refractivity contribution in [3.8, 4) is 0 Å². The van der Waals surface area contributed by atoms with E-state index in [1.54, 1.807) is 25.8 Å².